The van der Waals surface area contributed by atoms with E-state index in [1.165, 1.54) is 0 Å². The van der Waals surface area contributed by atoms with Gasteiger partial charge in [0.25, 0.3) is 0 Å². The zero-order valence-electron chi connectivity index (χ0n) is 13.3. The highest BCUT2D eigenvalue weighted by atomic mass is 15.5. The third-order valence-corrected chi connectivity index (χ3v) is 4.30. The smallest absolute Gasteiger partial charge is 0.225 e. The Morgan fingerprint density at radius 2 is 1.87 bits per heavy atom. The molecule has 0 aromatic carbocycles. The van der Waals surface area contributed by atoms with Gasteiger partial charge in [-0.05, 0) is 18.6 Å². The Balaban J connectivity index is 1.77. The zero-order chi connectivity index (χ0) is 16.1. The van der Waals surface area contributed by atoms with Gasteiger partial charge in [0.1, 0.15) is 6.07 Å². The SMILES string of the molecule is CCCC(C#N)(N1CCN(c2ncccn2)CC1)n1cccn1. The molecule has 7 nitrogen and oxygen atoms in total. The van der Waals surface area contributed by atoms with Gasteiger partial charge in [0.15, 0.2) is 0 Å². The van der Waals surface area contributed by atoms with Crippen molar-refractivity contribution in [3.05, 3.63) is 36.9 Å². The van der Waals surface area contributed by atoms with Crippen molar-refractivity contribution in [3.8, 4) is 6.07 Å². The molecule has 0 saturated carbocycles. The van der Waals surface area contributed by atoms with Crippen LogP contribution in [0.5, 0.6) is 0 Å². The van der Waals surface area contributed by atoms with Crippen LogP contribution in [0.2, 0.25) is 0 Å². The molecule has 1 saturated heterocycles. The first-order valence-electron chi connectivity index (χ1n) is 7.98. The minimum atomic E-state index is -0.706. The second-order valence-electron chi connectivity index (χ2n) is 5.65. The van der Waals surface area contributed by atoms with E-state index in [9.17, 15) is 5.26 Å². The van der Waals surface area contributed by atoms with Gasteiger partial charge in [-0.3, -0.25) is 4.90 Å². The predicted octanol–water partition coefficient (Wildman–Crippen LogP) is 1.47. The van der Waals surface area contributed by atoms with Crippen molar-refractivity contribution in [2.75, 3.05) is 31.1 Å². The number of anilines is 1. The Morgan fingerprint density at radius 3 is 2.43 bits per heavy atom. The Morgan fingerprint density at radius 1 is 1.13 bits per heavy atom. The van der Waals surface area contributed by atoms with Crippen molar-refractivity contribution < 1.29 is 0 Å². The molecule has 2 aromatic heterocycles. The average Bonchev–Trinajstić information content (AvgIpc) is 3.16. The van der Waals surface area contributed by atoms with Crippen LogP contribution in [0.3, 0.4) is 0 Å². The van der Waals surface area contributed by atoms with Gasteiger partial charge in [-0.2, -0.15) is 10.4 Å². The number of hydrogen-bond donors (Lipinski definition) is 0. The molecule has 3 rings (SSSR count). The lowest BCUT2D eigenvalue weighted by atomic mass is 10.0. The molecule has 0 radical (unpaired) electrons. The van der Waals surface area contributed by atoms with E-state index in [-0.39, 0.29) is 0 Å². The number of aromatic nitrogens is 4. The predicted molar refractivity (Wildman–Crippen MR) is 86.5 cm³/mol. The summed E-state index contributed by atoms with van der Waals surface area (Å²) in [5.41, 5.74) is -0.706. The van der Waals surface area contributed by atoms with Gasteiger partial charge in [0, 0.05) is 51.0 Å². The summed E-state index contributed by atoms with van der Waals surface area (Å²) in [5.74, 6) is 0.754. The molecule has 3 heterocycles. The lowest BCUT2D eigenvalue weighted by Crippen LogP contribution is -2.58. The summed E-state index contributed by atoms with van der Waals surface area (Å²) in [5, 5.41) is 14.3. The monoisotopic (exact) mass is 311 g/mol. The van der Waals surface area contributed by atoms with Crippen molar-refractivity contribution in [1.82, 2.24) is 24.6 Å². The molecule has 0 amide bonds. The fourth-order valence-electron chi connectivity index (χ4n) is 3.16. The van der Waals surface area contributed by atoms with E-state index in [4.69, 9.17) is 0 Å². The molecule has 1 fully saturated rings. The highest BCUT2D eigenvalue weighted by Gasteiger charge is 2.40. The molecule has 1 unspecified atom stereocenters. The van der Waals surface area contributed by atoms with Crippen molar-refractivity contribution in [1.29, 1.82) is 5.26 Å². The molecule has 0 spiro atoms. The number of rotatable bonds is 5. The standard InChI is InChI=1S/C16H21N7/c1-2-5-16(14-17,23-9-4-8-20-23)22-12-10-21(11-13-22)15-18-6-3-7-19-15/h3-4,6-9H,2,5,10-13H2,1H3. The molecule has 120 valence electrons. The molecule has 7 heteroatoms. The van der Waals surface area contributed by atoms with Crippen molar-refractivity contribution in [2.24, 2.45) is 0 Å². The van der Waals surface area contributed by atoms with Crippen LogP contribution in [0, 0.1) is 11.3 Å². The lowest BCUT2D eigenvalue weighted by Gasteiger charge is -2.43. The van der Waals surface area contributed by atoms with E-state index in [1.54, 1.807) is 23.3 Å². The van der Waals surface area contributed by atoms with E-state index < -0.39 is 5.66 Å². The third kappa shape index (κ3) is 2.90. The van der Waals surface area contributed by atoms with E-state index in [0.29, 0.717) is 0 Å². The molecule has 0 N–H and O–H groups in total. The Labute approximate surface area is 136 Å². The Kier molecular flexibility index (Phi) is 4.53. The summed E-state index contributed by atoms with van der Waals surface area (Å²) in [6, 6.07) is 6.21. The normalized spacial score (nSPS) is 18.3. The fourth-order valence-corrected chi connectivity index (χ4v) is 3.16. The van der Waals surface area contributed by atoms with Crippen LogP contribution in [-0.2, 0) is 5.66 Å². The second kappa shape index (κ2) is 6.75. The van der Waals surface area contributed by atoms with Crippen LogP contribution < -0.4 is 4.90 Å². The van der Waals surface area contributed by atoms with E-state index in [1.807, 2.05) is 18.3 Å². The maximum Gasteiger partial charge on any atom is 0.225 e. The van der Waals surface area contributed by atoms with E-state index in [0.717, 1.165) is 45.0 Å². The van der Waals surface area contributed by atoms with E-state index in [2.05, 4.69) is 37.9 Å². The molecule has 1 atom stereocenters. The van der Waals surface area contributed by atoms with Crippen LogP contribution >= 0.6 is 0 Å². The van der Waals surface area contributed by atoms with Gasteiger partial charge >= 0.3 is 0 Å². The second-order valence-corrected chi connectivity index (χ2v) is 5.65. The molecule has 0 bridgehead atoms. The van der Waals surface area contributed by atoms with Crippen LogP contribution in [0.25, 0.3) is 0 Å². The first-order valence-corrected chi connectivity index (χ1v) is 7.98. The summed E-state index contributed by atoms with van der Waals surface area (Å²) >= 11 is 0. The van der Waals surface area contributed by atoms with E-state index >= 15 is 0 Å². The molecule has 1 aliphatic heterocycles. The van der Waals surface area contributed by atoms with Crippen molar-refractivity contribution >= 4 is 5.95 Å². The van der Waals surface area contributed by atoms with Gasteiger partial charge in [-0.1, -0.05) is 13.3 Å². The maximum atomic E-state index is 9.92. The highest BCUT2D eigenvalue weighted by Crippen LogP contribution is 2.28. The average molecular weight is 311 g/mol. The summed E-state index contributed by atoms with van der Waals surface area (Å²) in [4.78, 5) is 13.0. The van der Waals surface area contributed by atoms with Crippen LogP contribution in [0.1, 0.15) is 19.8 Å². The van der Waals surface area contributed by atoms with Gasteiger partial charge in [-0.25, -0.2) is 14.6 Å². The largest absolute Gasteiger partial charge is 0.338 e. The molecule has 1 aliphatic rings. The molecule has 0 aliphatic carbocycles. The first kappa shape index (κ1) is 15.4. The number of piperazine rings is 1. The van der Waals surface area contributed by atoms with Crippen molar-refractivity contribution in [2.45, 2.75) is 25.4 Å². The topological polar surface area (TPSA) is 73.9 Å². The zero-order valence-corrected chi connectivity index (χ0v) is 13.3. The Bertz CT molecular complexity index is 641. The van der Waals surface area contributed by atoms with Gasteiger partial charge < -0.3 is 4.90 Å². The van der Waals surface area contributed by atoms with Gasteiger partial charge in [-0.15, -0.1) is 0 Å². The number of nitrogens with zero attached hydrogens (tertiary/aromatic N) is 7. The first-order chi connectivity index (χ1) is 11.3. The minimum Gasteiger partial charge on any atom is -0.338 e. The van der Waals surface area contributed by atoms with Crippen LogP contribution in [-0.4, -0.2) is 50.8 Å². The molecular formula is C16H21N7. The highest BCUT2D eigenvalue weighted by molar-refractivity contribution is 5.29. The summed E-state index contributed by atoms with van der Waals surface area (Å²) in [7, 11) is 0. The van der Waals surface area contributed by atoms with Gasteiger partial charge in [0.05, 0.1) is 0 Å². The summed E-state index contributed by atoms with van der Waals surface area (Å²) in [6.45, 7) is 5.28. The minimum absolute atomic E-state index is 0.706. The lowest BCUT2D eigenvalue weighted by molar-refractivity contribution is 0.0433. The number of nitriles is 1. The summed E-state index contributed by atoms with van der Waals surface area (Å²) < 4.78 is 1.80. The molecular weight excluding hydrogens is 290 g/mol. The fraction of sp³-hybridized carbons (Fsp3) is 0.500. The molecule has 2 aromatic rings. The molecule has 23 heavy (non-hydrogen) atoms. The van der Waals surface area contributed by atoms with Crippen molar-refractivity contribution in [3.63, 3.8) is 0 Å². The van der Waals surface area contributed by atoms with Gasteiger partial charge in [0.2, 0.25) is 11.6 Å². The van der Waals surface area contributed by atoms with Crippen LogP contribution in [0.4, 0.5) is 5.95 Å². The Hall–Kier alpha value is -2.46. The quantitative estimate of drug-likeness (QED) is 0.832. The van der Waals surface area contributed by atoms with Crippen LogP contribution in [0.15, 0.2) is 36.9 Å². The maximum absolute atomic E-state index is 9.92. The third-order valence-electron chi connectivity index (χ3n) is 4.30. The summed E-state index contributed by atoms with van der Waals surface area (Å²) in [6.07, 6.45) is 8.81. The number of hydrogen-bond acceptors (Lipinski definition) is 6.